The van der Waals surface area contributed by atoms with Gasteiger partial charge in [0, 0.05) is 22.3 Å². The number of ether oxygens (including phenoxy) is 1. The van der Waals surface area contributed by atoms with Crippen LogP contribution in [0, 0.1) is 0 Å². The van der Waals surface area contributed by atoms with Crippen molar-refractivity contribution in [2.45, 2.75) is 12.0 Å². The Morgan fingerprint density at radius 1 is 0.420 bits per heavy atom. The molecule has 2 nitrogen and oxygen atoms in total. The van der Waals surface area contributed by atoms with Crippen LogP contribution in [0.5, 0.6) is 5.75 Å². The van der Waals surface area contributed by atoms with Crippen molar-refractivity contribution in [3.63, 3.8) is 0 Å². The summed E-state index contributed by atoms with van der Waals surface area (Å²) in [6.07, 6.45) is 8.63. The van der Waals surface area contributed by atoms with Crippen molar-refractivity contribution in [3.05, 3.63) is 175 Å². The van der Waals surface area contributed by atoms with Crippen LogP contribution in [-0.2, 0) is 0 Å². The van der Waals surface area contributed by atoms with Gasteiger partial charge < -0.3 is 9.15 Å². The van der Waals surface area contributed by atoms with Crippen LogP contribution in [0.15, 0.2) is 174 Å². The van der Waals surface area contributed by atoms with Gasteiger partial charge in [0.1, 0.15) is 23.0 Å². The van der Waals surface area contributed by atoms with E-state index in [0.29, 0.717) is 0 Å². The normalized spacial score (nSPS) is 16.4. The Balaban J connectivity index is 1.18. The number of fused-ring (bicyclic) bond motifs is 9. The Morgan fingerprint density at radius 3 is 1.76 bits per heavy atom. The van der Waals surface area contributed by atoms with Gasteiger partial charge in [0.05, 0.1) is 5.56 Å². The molecule has 1 aromatic heterocycles. The van der Waals surface area contributed by atoms with Gasteiger partial charge in [-0.05, 0) is 90.5 Å². The lowest BCUT2D eigenvalue weighted by molar-refractivity contribution is 0.270. The van der Waals surface area contributed by atoms with E-state index in [1.54, 1.807) is 0 Å². The summed E-state index contributed by atoms with van der Waals surface area (Å²) in [7, 11) is 0. The Hall–Kier alpha value is -6.38. The fourth-order valence-corrected chi connectivity index (χ4v) is 8.54. The zero-order chi connectivity index (χ0) is 32.8. The highest BCUT2D eigenvalue weighted by Crippen LogP contribution is 2.52. The molecule has 0 fully saturated rings. The van der Waals surface area contributed by atoms with E-state index < -0.39 is 0 Å². The molecule has 0 amide bonds. The van der Waals surface area contributed by atoms with E-state index in [9.17, 15) is 0 Å². The fourth-order valence-electron chi connectivity index (χ4n) is 8.54. The first-order valence-electron chi connectivity index (χ1n) is 17.3. The molecular weight excluding hydrogens is 609 g/mol. The largest absolute Gasteiger partial charge is 0.484 e. The minimum absolute atomic E-state index is 0.0229. The molecule has 9 aromatic rings. The number of para-hydroxylation sites is 1. The van der Waals surface area contributed by atoms with Gasteiger partial charge in [-0.1, -0.05) is 140 Å². The van der Waals surface area contributed by atoms with E-state index in [2.05, 4.69) is 164 Å². The van der Waals surface area contributed by atoms with Crippen LogP contribution in [0.2, 0.25) is 0 Å². The molecule has 2 aliphatic rings. The SMILES string of the molecule is C1=CC2Oc3c(cc4c(oc5ccccc54)c3-c3cccc(-c4c5ccccc5c(-c5ccc6ccccc6c5)c5ccccc45)c3)C2C=C1. The zero-order valence-corrected chi connectivity index (χ0v) is 27.1. The molecule has 1 aliphatic heterocycles. The number of furan rings is 1. The van der Waals surface area contributed by atoms with E-state index in [1.165, 1.54) is 54.6 Å². The Bertz CT molecular complexity index is 2860. The summed E-state index contributed by atoms with van der Waals surface area (Å²) in [4.78, 5) is 0. The summed E-state index contributed by atoms with van der Waals surface area (Å²) in [5, 5.41) is 9.70. The van der Waals surface area contributed by atoms with Crippen molar-refractivity contribution in [1.82, 2.24) is 0 Å². The van der Waals surface area contributed by atoms with Crippen LogP contribution in [0.25, 0.3) is 87.6 Å². The second kappa shape index (κ2) is 10.6. The van der Waals surface area contributed by atoms with Gasteiger partial charge in [-0.25, -0.2) is 0 Å². The second-order valence-electron chi connectivity index (χ2n) is 13.5. The number of benzene rings is 8. The third-order valence-corrected chi connectivity index (χ3v) is 10.8. The van der Waals surface area contributed by atoms with Crippen molar-refractivity contribution >= 4 is 54.3 Å². The van der Waals surface area contributed by atoms with Gasteiger partial charge in [0.25, 0.3) is 0 Å². The fraction of sp³-hybridized carbons (Fsp3) is 0.0417. The van der Waals surface area contributed by atoms with E-state index in [1.807, 2.05) is 6.07 Å². The predicted molar refractivity (Wildman–Crippen MR) is 208 cm³/mol. The first-order valence-corrected chi connectivity index (χ1v) is 17.3. The first-order chi connectivity index (χ1) is 24.8. The van der Waals surface area contributed by atoms with E-state index >= 15 is 0 Å². The summed E-state index contributed by atoms with van der Waals surface area (Å²) in [5.41, 5.74) is 9.97. The summed E-state index contributed by atoms with van der Waals surface area (Å²) in [6, 6.07) is 52.8. The summed E-state index contributed by atoms with van der Waals surface area (Å²) >= 11 is 0. The highest BCUT2D eigenvalue weighted by atomic mass is 16.5. The average Bonchev–Trinajstić information content (AvgIpc) is 3.74. The van der Waals surface area contributed by atoms with Crippen molar-refractivity contribution in [2.24, 2.45) is 0 Å². The molecule has 234 valence electrons. The topological polar surface area (TPSA) is 22.4 Å². The summed E-state index contributed by atoms with van der Waals surface area (Å²) in [6.45, 7) is 0. The van der Waals surface area contributed by atoms with Crippen molar-refractivity contribution in [1.29, 1.82) is 0 Å². The maximum absolute atomic E-state index is 6.78. The van der Waals surface area contributed by atoms with Gasteiger partial charge in [-0.15, -0.1) is 0 Å². The van der Waals surface area contributed by atoms with Crippen molar-refractivity contribution in [3.8, 4) is 39.1 Å². The Labute approximate surface area is 289 Å². The quantitative estimate of drug-likeness (QED) is 0.180. The van der Waals surface area contributed by atoms with Crippen LogP contribution >= 0.6 is 0 Å². The molecule has 2 unspecified atom stereocenters. The minimum Gasteiger partial charge on any atom is -0.484 e. The maximum atomic E-state index is 6.78. The van der Waals surface area contributed by atoms with Gasteiger partial charge in [-0.3, -0.25) is 0 Å². The second-order valence-corrected chi connectivity index (χ2v) is 13.5. The first kappa shape index (κ1) is 27.6. The summed E-state index contributed by atoms with van der Waals surface area (Å²) < 4.78 is 13.5. The van der Waals surface area contributed by atoms with Gasteiger partial charge in [-0.2, -0.15) is 0 Å². The maximum Gasteiger partial charge on any atom is 0.146 e. The molecule has 2 atom stereocenters. The van der Waals surface area contributed by atoms with Crippen LogP contribution in [0.1, 0.15) is 11.5 Å². The van der Waals surface area contributed by atoms with Crippen molar-refractivity contribution in [2.75, 3.05) is 0 Å². The molecule has 1 aliphatic carbocycles. The number of rotatable bonds is 3. The third-order valence-electron chi connectivity index (χ3n) is 10.8. The summed E-state index contributed by atoms with van der Waals surface area (Å²) in [5.74, 6) is 1.09. The smallest absolute Gasteiger partial charge is 0.146 e. The zero-order valence-electron chi connectivity index (χ0n) is 27.1. The molecule has 2 heterocycles. The molecule has 0 saturated heterocycles. The highest BCUT2D eigenvalue weighted by Gasteiger charge is 2.36. The van der Waals surface area contributed by atoms with Gasteiger partial charge in [0.15, 0.2) is 0 Å². The lowest BCUT2D eigenvalue weighted by atomic mass is 9.84. The van der Waals surface area contributed by atoms with E-state index in [4.69, 9.17) is 9.15 Å². The highest BCUT2D eigenvalue weighted by molar-refractivity contribution is 6.22. The number of hydrogen-bond acceptors (Lipinski definition) is 2. The predicted octanol–water partition coefficient (Wildman–Crippen LogP) is 13.0. The minimum atomic E-state index is -0.0229. The molecule has 50 heavy (non-hydrogen) atoms. The van der Waals surface area contributed by atoms with Gasteiger partial charge in [0.2, 0.25) is 0 Å². The monoisotopic (exact) mass is 638 g/mol. The molecule has 8 aromatic carbocycles. The molecule has 11 rings (SSSR count). The Kier molecular flexibility index (Phi) is 5.82. The van der Waals surface area contributed by atoms with Crippen molar-refractivity contribution < 1.29 is 9.15 Å². The third kappa shape index (κ3) is 3.96. The van der Waals surface area contributed by atoms with Crippen LogP contribution in [0.3, 0.4) is 0 Å². The molecule has 0 saturated carbocycles. The van der Waals surface area contributed by atoms with E-state index in [0.717, 1.165) is 44.4 Å². The molecule has 2 heteroatoms. The average molecular weight is 639 g/mol. The molecule has 0 radical (unpaired) electrons. The molecule has 0 N–H and O–H groups in total. The standard InChI is InChI=1S/C48H30O2/c1-2-13-30-26-33(25-24-29(30)12-1)45-38-20-5-3-18-36(38)44(37-19-4-6-21-39(37)45)31-14-11-15-32(27-31)46-47-40(34-16-7-9-22-42(34)49-47)28-41-35-17-8-10-23-43(35)50-48(41)46/h1-28,34,42H. The van der Waals surface area contributed by atoms with Crippen LogP contribution in [0.4, 0.5) is 0 Å². The van der Waals surface area contributed by atoms with Crippen LogP contribution < -0.4 is 4.74 Å². The Morgan fingerprint density at radius 2 is 1.02 bits per heavy atom. The molecular formula is C48H30O2. The van der Waals surface area contributed by atoms with E-state index in [-0.39, 0.29) is 12.0 Å². The van der Waals surface area contributed by atoms with Gasteiger partial charge >= 0.3 is 0 Å². The number of allylic oxidation sites excluding steroid dienone is 2. The molecule has 0 bridgehead atoms. The lowest BCUT2D eigenvalue weighted by Gasteiger charge is -2.19. The lowest BCUT2D eigenvalue weighted by Crippen LogP contribution is -2.15. The molecule has 0 spiro atoms. The number of hydrogen-bond donors (Lipinski definition) is 0. The van der Waals surface area contributed by atoms with Crippen LogP contribution in [-0.4, -0.2) is 6.10 Å².